The fraction of sp³-hybridized carbons (Fsp3) is 0.462. The van der Waals surface area contributed by atoms with Crippen molar-refractivity contribution in [2.45, 2.75) is 13.3 Å². The molecule has 0 spiro atoms. The highest BCUT2D eigenvalue weighted by molar-refractivity contribution is 6.34. The number of hydrogen-bond acceptors (Lipinski definition) is 2. The average Bonchev–Trinajstić information content (AvgIpc) is 2.64. The molecule has 1 aliphatic rings. The van der Waals surface area contributed by atoms with Gasteiger partial charge in [-0.3, -0.25) is 9.69 Å². The highest BCUT2D eigenvalue weighted by atomic mass is 35.5. The quantitative estimate of drug-likeness (QED) is 0.754. The second kappa shape index (κ2) is 4.98. The number of ketones is 1. The van der Waals surface area contributed by atoms with Crippen molar-refractivity contribution in [1.82, 2.24) is 4.90 Å². The molecule has 1 atom stereocenters. The summed E-state index contributed by atoms with van der Waals surface area (Å²) in [5, 5.41) is 0.555. The molecule has 1 aliphatic heterocycles. The van der Waals surface area contributed by atoms with Crippen LogP contribution in [-0.4, -0.2) is 30.3 Å². The van der Waals surface area contributed by atoms with Crippen molar-refractivity contribution in [3.8, 4) is 0 Å². The molecule has 2 nitrogen and oxygen atoms in total. The van der Waals surface area contributed by atoms with E-state index in [2.05, 4.69) is 11.8 Å². The molecule has 0 aromatic heterocycles. The van der Waals surface area contributed by atoms with Gasteiger partial charge in [-0.15, -0.1) is 0 Å². The minimum Gasteiger partial charge on any atom is -0.296 e. The van der Waals surface area contributed by atoms with Gasteiger partial charge in [-0.25, -0.2) is 0 Å². The zero-order chi connectivity index (χ0) is 11.5. The Morgan fingerprint density at radius 1 is 1.50 bits per heavy atom. The van der Waals surface area contributed by atoms with Crippen LogP contribution in [-0.2, 0) is 0 Å². The molecule has 1 saturated heterocycles. The third-order valence-electron chi connectivity index (χ3n) is 3.05. The van der Waals surface area contributed by atoms with E-state index in [0.717, 1.165) is 13.1 Å². The maximum atomic E-state index is 12.0. The number of rotatable bonds is 3. The van der Waals surface area contributed by atoms with Crippen molar-refractivity contribution in [2.75, 3.05) is 19.6 Å². The van der Waals surface area contributed by atoms with Crippen molar-refractivity contribution in [3.05, 3.63) is 34.9 Å². The van der Waals surface area contributed by atoms with E-state index in [9.17, 15) is 4.79 Å². The number of carbonyl (C=O) groups excluding carboxylic acids is 1. The number of nitrogens with zero attached hydrogens (tertiary/aromatic N) is 1. The molecule has 2 rings (SSSR count). The molecule has 1 heterocycles. The van der Waals surface area contributed by atoms with Crippen LogP contribution < -0.4 is 0 Å². The van der Waals surface area contributed by atoms with E-state index in [1.54, 1.807) is 12.1 Å². The first kappa shape index (κ1) is 11.6. The van der Waals surface area contributed by atoms with Gasteiger partial charge in [0.1, 0.15) is 0 Å². The van der Waals surface area contributed by atoms with Gasteiger partial charge < -0.3 is 0 Å². The van der Waals surface area contributed by atoms with E-state index in [1.165, 1.54) is 6.42 Å². The van der Waals surface area contributed by atoms with Crippen molar-refractivity contribution >= 4 is 17.4 Å². The molecule has 1 aromatic rings. The zero-order valence-electron chi connectivity index (χ0n) is 9.45. The molecule has 16 heavy (non-hydrogen) atoms. The summed E-state index contributed by atoms with van der Waals surface area (Å²) < 4.78 is 0. The first-order valence-corrected chi connectivity index (χ1v) is 6.04. The lowest BCUT2D eigenvalue weighted by Crippen LogP contribution is -2.27. The summed E-state index contributed by atoms with van der Waals surface area (Å²) in [6.07, 6.45) is 1.19. The number of likely N-dealkylation sites (tertiary alicyclic amines) is 1. The number of halogens is 1. The SMILES string of the molecule is CC1CCN(CC(=O)c2ccccc2Cl)C1. The van der Waals surface area contributed by atoms with Gasteiger partial charge in [0, 0.05) is 12.1 Å². The van der Waals surface area contributed by atoms with E-state index >= 15 is 0 Å². The van der Waals surface area contributed by atoms with Gasteiger partial charge in [0.15, 0.2) is 5.78 Å². The summed E-state index contributed by atoms with van der Waals surface area (Å²) in [7, 11) is 0. The Morgan fingerprint density at radius 2 is 2.25 bits per heavy atom. The van der Waals surface area contributed by atoms with Crippen molar-refractivity contribution in [3.63, 3.8) is 0 Å². The first-order chi connectivity index (χ1) is 7.66. The third-order valence-corrected chi connectivity index (χ3v) is 3.38. The normalized spacial score (nSPS) is 21.2. The molecule has 3 heteroatoms. The predicted octanol–water partition coefficient (Wildman–Crippen LogP) is 2.86. The number of carbonyl (C=O) groups is 1. The van der Waals surface area contributed by atoms with Gasteiger partial charge >= 0.3 is 0 Å². The van der Waals surface area contributed by atoms with Gasteiger partial charge in [0.05, 0.1) is 11.6 Å². The summed E-state index contributed by atoms with van der Waals surface area (Å²) in [5.74, 6) is 0.832. The van der Waals surface area contributed by atoms with Crippen molar-refractivity contribution < 1.29 is 4.79 Å². The summed E-state index contributed by atoms with van der Waals surface area (Å²) in [6, 6.07) is 7.26. The van der Waals surface area contributed by atoms with E-state index in [1.807, 2.05) is 12.1 Å². The van der Waals surface area contributed by atoms with E-state index in [4.69, 9.17) is 11.6 Å². The Kier molecular flexibility index (Phi) is 3.62. The summed E-state index contributed by atoms with van der Waals surface area (Å²) in [5.41, 5.74) is 0.642. The molecule has 0 radical (unpaired) electrons. The molecule has 0 N–H and O–H groups in total. The lowest BCUT2D eigenvalue weighted by Gasteiger charge is -2.14. The van der Waals surface area contributed by atoms with Gasteiger partial charge in [0.2, 0.25) is 0 Å². The molecule has 0 bridgehead atoms. The largest absolute Gasteiger partial charge is 0.296 e. The summed E-state index contributed by atoms with van der Waals surface area (Å²) in [4.78, 5) is 14.2. The molecule has 0 saturated carbocycles. The summed E-state index contributed by atoms with van der Waals surface area (Å²) in [6.45, 7) is 4.77. The van der Waals surface area contributed by atoms with Crippen LogP contribution in [0.4, 0.5) is 0 Å². The Labute approximate surface area is 101 Å². The van der Waals surface area contributed by atoms with E-state index in [0.29, 0.717) is 23.0 Å². The minimum atomic E-state index is 0.125. The molecule has 0 aliphatic carbocycles. The Hall–Kier alpha value is -0.860. The predicted molar refractivity (Wildman–Crippen MR) is 66.0 cm³/mol. The molecule has 0 amide bonds. The van der Waals surface area contributed by atoms with Crippen LogP contribution in [0.5, 0.6) is 0 Å². The average molecular weight is 238 g/mol. The second-order valence-corrected chi connectivity index (χ2v) is 4.94. The molecular weight excluding hydrogens is 222 g/mol. The topological polar surface area (TPSA) is 20.3 Å². The van der Waals surface area contributed by atoms with E-state index in [-0.39, 0.29) is 5.78 Å². The summed E-state index contributed by atoms with van der Waals surface area (Å²) >= 11 is 5.99. The van der Waals surface area contributed by atoms with Crippen LogP contribution in [0.3, 0.4) is 0 Å². The highest BCUT2D eigenvalue weighted by Crippen LogP contribution is 2.19. The number of Topliss-reactive ketones (excluding diaryl/α,β-unsaturated/α-hetero) is 1. The van der Waals surface area contributed by atoms with Crippen LogP contribution in [0.25, 0.3) is 0 Å². The third kappa shape index (κ3) is 2.63. The Bertz CT molecular complexity index is 391. The van der Waals surface area contributed by atoms with Gasteiger partial charge in [-0.1, -0.05) is 30.7 Å². The van der Waals surface area contributed by atoms with Crippen LogP contribution >= 0.6 is 11.6 Å². The van der Waals surface area contributed by atoms with Crippen LogP contribution in [0, 0.1) is 5.92 Å². The first-order valence-electron chi connectivity index (χ1n) is 5.67. The Morgan fingerprint density at radius 3 is 2.88 bits per heavy atom. The fourth-order valence-electron chi connectivity index (χ4n) is 2.15. The number of benzene rings is 1. The number of hydrogen-bond donors (Lipinski definition) is 0. The molecule has 1 unspecified atom stereocenters. The monoisotopic (exact) mass is 237 g/mol. The van der Waals surface area contributed by atoms with Crippen molar-refractivity contribution in [1.29, 1.82) is 0 Å². The molecule has 86 valence electrons. The second-order valence-electron chi connectivity index (χ2n) is 4.53. The van der Waals surface area contributed by atoms with Crippen LogP contribution in [0.1, 0.15) is 23.7 Å². The lowest BCUT2D eigenvalue weighted by atomic mass is 10.1. The molecule has 1 aromatic carbocycles. The van der Waals surface area contributed by atoms with E-state index < -0.39 is 0 Å². The zero-order valence-corrected chi connectivity index (χ0v) is 10.2. The fourth-order valence-corrected chi connectivity index (χ4v) is 2.39. The molecule has 1 fully saturated rings. The lowest BCUT2D eigenvalue weighted by molar-refractivity contribution is 0.0944. The van der Waals surface area contributed by atoms with Crippen LogP contribution in [0.2, 0.25) is 5.02 Å². The standard InChI is InChI=1S/C13H16ClNO/c1-10-6-7-15(8-10)9-13(16)11-4-2-3-5-12(11)14/h2-5,10H,6-9H2,1H3. The highest BCUT2D eigenvalue weighted by Gasteiger charge is 2.21. The van der Waals surface area contributed by atoms with Gasteiger partial charge in [-0.05, 0) is 31.0 Å². The van der Waals surface area contributed by atoms with Gasteiger partial charge in [0.25, 0.3) is 0 Å². The maximum Gasteiger partial charge on any atom is 0.178 e. The van der Waals surface area contributed by atoms with Crippen LogP contribution in [0.15, 0.2) is 24.3 Å². The minimum absolute atomic E-state index is 0.125. The van der Waals surface area contributed by atoms with Gasteiger partial charge in [-0.2, -0.15) is 0 Å². The molecular formula is C13H16ClNO. The van der Waals surface area contributed by atoms with Crippen molar-refractivity contribution in [2.24, 2.45) is 5.92 Å². The Balaban J connectivity index is 2.01. The smallest absolute Gasteiger partial charge is 0.178 e. The maximum absolute atomic E-state index is 12.0.